The maximum atomic E-state index is 11.6. The van der Waals surface area contributed by atoms with E-state index >= 15 is 0 Å². The van der Waals surface area contributed by atoms with E-state index in [4.69, 9.17) is 9.47 Å². The Morgan fingerprint density at radius 2 is 1.00 bits per heavy atom. The second-order valence-corrected chi connectivity index (χ2v) is 15.2. The molecule has 278 valence electrons. The molecule has 2 unspecified atom stereocenters. The van der Waals surface area contributed by atoms with Crippen molar-refractivity contribution in [3.8, 4) is 0 Å². The van der Waals surface area contributed by atoms with Crippen LogP contribution < -0.4 is 0 Å². The molecule has 4 heteroatoms. The largest absolute Gasteiger partial charge is 0.347 e. The van der Waals surface area contributed by atoms with Gasteiger partial charge in [0.25, 0.3) is 0 Å². The lowest BCUT2D eigenvalue weighted by molar-refractivity contribution is -0.205. The molecule has 0 radical (unpaired) electrons. The van der Waals surface area contributed by atoms with Gasteiger partial charge in [0.2, 0.25) is 6.41 Å². The second-order valence-electron chi connectivity index (χ2n) is 15.2. The molecule has 0 aromatic rings. The van der Waals surface area contributed by atoms with Crippen LogP contribution in [0.4, 0.5) is 0 Å². The first-order chi connectivity index (χ1) is 23.7. The summed E-state index contributed by atoms with van der Waals surface area (Å²) in [4.78, 5) is 13.5. The van der Waals surface area contributed by atoms with Gasteiger partial charge in [-0.15, -0.1) is 0 Å². The predicted octanol–water partition coefficient (Wildman–Crippen LogP) is 13.4. The van der Waals surface area contributed by atoms with Crippen molar-refractivity contribution < 1.29 is 14.3 Å². The van der Waals surface area contributed by atoms with Crippen LogP contribution >= 0.6 is 0 Å². The molecule has 1 spiro atoms. The molecule has 2 fully saturated rings. The SMILES string of the molecule is CCCCC/C=C\C/C=C\CCCCCCCCC1(CCCCCCCC/C=C\CCCCCCCC)OCC2(CCCN(C=O)C2)O1. The molecule has 2 atom stereocenters. The Morgan fingerprint density at radius 1 is 0.562 bits per heavy atom. The Labute approximate surface area is 298 Å². The van der Waals surface area contributed by atoms with Crippen molar-refractivity contribution in [2.75, 3.05) is 19.7 Å². The van der Waals surface area contributed by atoms with Crippen LogP contribution in [0.3, 0.4) is 0 Å². The van der Waals surface area contributed by atoms with Crippen LogP contribution in [0.25, 0.3) is 0 Å². The van der Waals surface area contributed by atoms with Crippen molar-refractivity contribution in [2.24, 2.45) is 0 Å². The summed E-state index contributed by atoms with van der Waals surface area (Å²) in [6.45, 7) is 6.74. The van der Waals surface area contributed by atoms with Gasteiger partial charge in [0.05, 0.1) is 13.2 Å². The minimum absolute atomic E-state index is 0.292. The van der Waals surface area contributed by atoms with Gasteiger partial charge in [-0.05, 0) is 83.5 Å². The molecule has 4 nitrogen and oxygen atoms in total. The highest BCUT2D eigenvalue weighted by Gasteiger charge is 2.51. The summed E-state index contributed by atoms with van der Waals surface area (Å²) in [5.41, 5.74) is -0.292. The Bertz CT molecular complexity index is 837. The lowest BCUT2D eigenvalue weighted by atomic mass is 9.93. The predicted molar refractivity (Wildman–Crippen MR) is 207 cm³/mol. The maximum Gasteiger partial charge on any atom is 0.209 e. The van der Waals surface area contributed by atoms with E-state index in [2.05, 4.69) is 50.3 Å². The molecule has 48 heavy (non-hydrogen) atoms. The van der Waals surface area contributed by atoms with Gasteiger partial charge in [0.1, 0.15) is 5.60 Å². The summed E-state index contributed by atoms with van der Waals surface area (Å²) >= 11 is 0. The molecule has 2 rings (SSSR count). The first-order valence-electron chi connectivity index (χ1n) is 21.2. The van der Waals surface area contributed by atoms with Crippen molar-refractivity contribution in [1.29, 1.82) is 0 Å². The fraction of sp³-hybridized carbons (Fsp3) is 0.841. The third-order valence-corrected chi connectivity index (χ3v) is 10.5. The summed E-state index contributed by atoms with van der Waals surface area (Å²) in [5, 5.41) is 0. The standard InChI is InChI=1S/C44H79NO3/c1-3-5-7-9-11-13-15-17-19-21-23-25-27-29-31-33-37-44(47-41-43(48-44)36-35-39-45(40-43)42-46)38-34-32-30-28-26-24-22-20-18-16-14-12-10-8-6-4-2/h11,13,17-20,42H,3-10,12,14-16,21-41H2,1-2H3/b13-11-,19-17-,20-18-. The first kappa shape index (κ1) is 42.8. The zero-order chi connectivity index (χ0) is 34.3. The quantitative estimate of drug-likeness (QED) is 0.0406. The molecule has 1 amide bonds. The number of hydrogen-bond acceptors (Lipinski definition) is 3. The van der Waals surface area contributed by atoms with Crippen molar-refractivity contribution in [2.45, 2.75) is 218 Å². The minimum Gasteiger partial charge on any atom is -0.347 e. The number of ether oxygens (including phenoxy) is 2. The summed E-state index contributed by atoms with van der Waals surface area (Å²) in [6, 6.07) is 0. The van der Waals surface area contributed by atoms with Gasteiger partial charge in [-0.3, -0.25) is 4.79 Å². The van der Waals surface area contributed by atoms with Crippen molar-refractivity contribution in [3.63, 3.8) is 0 Å². The summed E-state index contributed by atoms with van der Waals surface area (Å²) in [7, 11) is 0. The van der Waals surface area contributed by atoms with Gasteiger partial charge in [0.15, 0.2) is 5.79 Å². The van der Waals surface area contributed by atoms with E-state index < -0.39 is 5.79 Å². The van der Waals surface area contributed by atoms with E-state index in [-0.39, 0.29) is 5.60 Å². The molecule has 2 saturated heterocycles. The van der Waals surface area contributed by atoms with E-state index in [1.165, 1.54) is 161 Å². The number of amides is 1. The number of carbonyl (C=O) groups excluding carboxylic acids is 1. The fourth-order valence-electron chi connectivity index (χ4n) is 7.54. The monoisotopic (exact) mass is 670 g/mol. The van der Waals surface area contributed by atoms with Crippen LogP contribution in [0.15, 0.2) is 36.5 Å². The van der Waals surface area contributed by atoms with Crippen LogP contribution in [-0.4, -0.2) is 42.4 Å². The molecular weight excluding hydrogens is 590 g/mol. The zero-order valence-electron chi connectivity index (χ0n) is 32.0. The Balaban J connectivity index is 1.58. The van der Waals surface area contributed by atoms with E-state index in [0.29, 0.717) is 13.2 Å². The molecule has 0 aromatic carbocycles. The summed E-state index contributed by atoms with van der Waals surface area (Å²) < 4.78 is 13.5. The van der Waals surface area contributed by atoms with Crippen LogP contribution in [0.5, 0.6) is 0 Å². The van der Waals surface area contributed by atoms with Gasteiger partial charge in [-0.25, -0.2) is 0 Å². The van der Waals surface area contributed by atoms with Crippen molar-refractivity contribution >= 4 is 6.41 Å². The van der Waals surface area contributed by atoms with Crippen LogP contribution in [-0.2, 0) is 14.3 Å². The van der Waals surface area contributed by atoms with E-state index in [0.717, 1.165) is 45.1 Å². The number of unbranched alkanes of at least 4 members (excludes halogenated alkanes) is 21. The highest BCUT2D eigenvalue weighted by atomic mass is 16.8. The normalized spacial score (nSPS) is 21.6. The molecule has 0 N–H and O–H groups in total. The summed E-state index contributed by atoms with van der Waals surface area (Å²) in [6.07, 6.45) is 53.0. The Hall–Kier alpha value is -1.39. The summed E-state index contributed by atoms with van der Waals surface area (Å²) in [5.74, 6) is -0.443. The molecular formula is C44H79NO3. The Morgan fingerprint density at radius 3 is 1.52 bits per heavy atom. The number of carbonyl (C=O) groups is 1. The topological polar surface area (TPSA) is 38.8 Å². The van der Waals surface area contributed by atoms with E-state index in [9.17, 15) is 4.79 Å². The average Bonchev–Trinajstić information content (AvgIpc) is 3.44. The zero-order valence-corrected chi connectivity index (χ0v) is 32.0. The molecule has 2 heterocycles. The number of piperidine rings is 1. The fourth-order valence-corrected chi connectivity index (χ4v) is 7.54. The van der Waals surface area contributed by atoms with Crippen LogP contribution in [0.2, 0.25) is 0 Å². The minimum atomic E-state index is -0.443. The van der Waals surface area contributed by atoms with Gasteiger partial charge in [0, 0.05) is 19.4 Å². The smallest absolute Gasteiger partial charge is 0.209 e. The maximum absolute atomic E-state index is 11.6. The van der Waals surface area contributed by atoms with Crippen molar-refractivity contribution in [1.82, 2.24) is 4.90 Å². The molecule has 2 aliphatic heterocycles. The highest BCUT2D eigenvalue weighted by Crippen LogP contribution is 2.43. The lowest BCUT2D eigenvalue weighted by Gasteiger charge is -2.39. The molecule has 0 aromatic heterocycles. The number of likely N-dealkylation sites (tertiary alicyclic amines) is 1. The van der Waals surface area contributed by atoms with Gasteiger partial charge in [-0.1, -0.05) is 147 Å². The number of rotatable bonds is 32. The molecule has 2 aliphatic rings. The van der Waals surface area contributed by atoms with Crippen LogP contribution in [0, 0.1) is 0 Å². The van der Waals surface area contributed by atoms with Gasteiger partial charge >= 0.3 is 0 Å². The first-order valence-corrected chi connectivity index (χ1v) is 21.2. The Kier molecular flexibility index (Phi) is 26.2. The van der Waals surface area contributed by atoms with Crippen LogP contribution in [0.1, 0.15) is 206 Å². The molecule has 0 saturated carbocycles. The molecule has 0 bridgehead atoms. The highest BCUT2D eigenvalue weighted by molar-refractivity contribution is 5.47. The van der Waals surface area contributed by atoms with E-state index in [1.807, 2.05) is 4.90 Å². The lowest BCUT2D eigenvalue weighted by Crippen LogP contribution is -2.50. The second kappa shape index (κ2) is 29.4. The van der Waals surface area contributed by atoms with Gasteiger partial charge in [-0.2, -0.15) is 0 Å². The number of nitrogens with zero attached hydrogens (tertiary/aromatic N) is 1. The van der Waals surface area contributed by atoms with Crippen molar-refractivity contribution in [3.05, 3.63) is 36.5 Å². The average molecular weight is 670 g/mol. The van der Waals surface area contributed by atoms with E-state index in [1.54, 1.807) is 0 Å². The van der Waals surface area contributed by atoms with Gasteiger partial charge < -0.3 is 14.4 Å². The molecule has 0 aliphatic carbocycles. The third-order valence-electron chi connectivity index (χ3n) is 10.5. The number of hydrogen-bond donors (Lipinski definition) is 0. The third kappa shape index (κ3) is 21.0. The number of allylic oxidation sites excluding steroid dienone is 6.